The Bertz CT molecular complexity index is 495. The molecule has 0 aliphatic carbocycles. The van der Waals surface area contributed by atoms with Crippen LogP contribution < -0.4 is 5.32 Å². The molecule has 3 nitrogen and oxygen atoms in total. The van der Waals surface area contributed by atoms with Gasteiger partial charge >= 0.3 is 0 Å². The van der Waals surface area contributed by atoms with Crippen molar-refractivity contribution in [3.05, 3.63) is 23.8 Å². The SMILES string of the molecule is COCC(C)CNc1nc2cc(C)ccc2s1. The number of aromatic nitrogens is 1. The topological polar surface area (TPSA) is 34.1 Å². The smallest absolute Gasteiger partial charge is 0.183 e. The summed E-state index contributed by atoms with van der Waals surface area (Å²) in [6.07, 6.45) is 0. The second-order valence-electron chi connectivity index (χ2n) is 4.43. The fraction of sp³-hybridized carbons (Fsp3) is 0.462. The van der Waals surface area contributed by atoms with Gasteiger partial charge < -0.3 is 10.1 Å². The molecule has 0 saturated carbocycles. The summed E-state index contributed by atoms with van der Waals surface area (Å²) in [6.45, 7) is 5.92. The quantitative estimate of drug-likeness (QED) is 0.884. The normalized spacial score (nSPS) is 12.9. The van der Waals surface area contributed by atoms with Crippen LogP contribution in [0.25, 0.3) is 10.2 Å². The van der Waals surface area contributed by atoms with E-state index in [4.69, 9.17) is 4.74 Å². The van der Waals surface area contributed by atoms with Crippen LogP contribution in [0.4, 0.5) is 5.13 Å². The fourth-order valence-corrected chi connectivity index (χ4v) is 2.57. The van der Waals surface area contributed by atoms with Gasteiger partial charge in [-0.1, -0.05) is 24.3 Å². The van der Waals surface area contributed by atoms with Crippen LogP contribution in [0.15, 0.2) is 18.2 Å². The van der Waals surface area contributed by atoms with Gasteiger partial charge in [0, 0.05) is 13.7 Å². The van der Waals surface area contributed by atoms with Crippen molar-refractivity contribution >= 4 is 26.7 Å². The minimum atomic E-state index is 0.494. The Morgan fingerprint density at radius 1 is 1.47 bits per heavy atom. The highest BCUT2D eigenvalue weighted by molar-refractivity contribution is 7.22. The van der Waals surface area contributed by atoms with Crippen molar-refractivity contribution in [1.29, 1.82) is 0 Å². The minimum Gasteiger partial charge on any atom is -0.384 e. The summed E-state index contributed by atoms with van der Waals surface area (Å²) in [5.74, 6) is 0.494. The number of nitrogens with zero attached hydrogens (tertiary/aromatic N) is 1. The zero-order chi connectivity index (χ0) is 12.3. The molecule has 17 heavy (non-hydrogen) atoms. The van der Waals surface area contributed by atoms with E-state index in [1.165, 1.54) is 10.3 Å². The first-order chi connectivity index (χ1) is 8.19. The standard InChI is InChI=1S/C13H18N2OS/c1-9-4-5-12-11(6-9)15-13(17-12)14-7-10(2)8-16-3/h4-6,10H,7-8H2,1-3H3,(H,14,15). The van der Waals surface area contributed by atoms with Crippen molar-refractivity contribution in [3.8, 4) is 0 Å². The molecule has 2 aromatic rings. The third-order valence-corrected chi connectivity index (χ3v) is 3.59. The fourth-order valence-electron chi connectivity index (χ4n) is 1.72. The lowest BCUT2D eigenvalue weighted by atomic mass is 10.2. The summed E-state index contributed by atoms with van der Waals surface area (Å²) in [4.78, 5) is 4.57. The number of thiazole rings is 1. The second-order valence-corrected chi connectivity index (χ2v) is 5.46. The van der Waals surface area contributed by atoms with Crippen LogP contribution in [0.5, 0.6) is 0 Å². The molecule has 0 aliphatic heterocycles. The minimum absolute atomic E-state index is 0.494. The van der Waals surface area contributed by atoms with Gasteiger partial charge in [-0.05, 0) is 30.5 Å². The van der Waals surface area contributed by atoms with Gasteiger partial charge in [0.25, 0.3) is 0 Å². The van der Waals surface area contributed by atoms with Gasteiger partial charge in [-0.2, -0.15) is 0 Å². The Labute approximate surface area is 106 Å². The van der Waals surface area contributed by atoms with E-state index in [1.807, 2.05) is 0 Å². The van der Waals surface area contributed by atoms with E-state index in [1.54, 1.807) is 18.4 Å². The van der Waals surface area contributed by atoms with Crippen molar-refractivity contribution in [2.75, 3.05) is 25.6 Å². The van der Waals surface area contributed by atoms with Crippen LogP contribution >= 0.6 is 11.3 Å². The second kappa shape index (κ2) is 5.47. The molecule has 92 valence electrons. The number of methoxy groups -OCH3 is 1. The highest BCUT2D eigenvalue weighted by Gasteiger charge is 2.05. The first kappa shape index (κ1) is 12.3. The predicted molar refractivity (Wildman–Crippen MR) is 73.9 cm³/mol. The molecule has 1 atom stereocenters. The van der Waals surface area contributed by atoms with Crippen molar-refractivity contribution in [2.45, 2.75) is 13.8 Å². The summed E-state index contributed by atoms with van der Waals surface area (Å²) in [6, 6.07) is 6.37. The number of ether oxygens (including phenoxy) is 1. The van der Waals surface area contributed by atoms with E-state index in [0.717, 1.165) is 23.8 Å². The third-order valence-electron chi connectivity index (χ3n) is 2.60. The number of nitrogens with one attached hydrogen (secondary N) is 1. The molecule has 0 fully saturated rings. The average molecular weight is 250 g/mol. The molecule has 1 aromatic carbocycles. The molecule has 0 saturated heterocycles. The summed E-state index contributed by atoms with van der Waals surface area (Å²) in [5, 5.41) is 4.36. The Balaban J connectivity index is 2.04. The molecule has 0 bridgehead atoms. The van der Waals surface area contributed by atoms with Crippen LogP contribution in [-0.4, -0.2) is 25.2 Å². The predicted octanol–water partition coefficient (Wildman–Crippen LogP) is 3.30. The molecular weight excluding hydrogens is 232 g/mol. The average Bonchev–Trinajstić information content (AvgIpc) is 2.68. The van der Waals surface area contributed by atoms with E-state index >= 15 is 0 Å². The van der Waals surface area contributed by atoms with Crippen LogP contribution in [0, 0.1) is 12.8 Å². The Morgan fingerprint density at radius 2 is 2.29 bits per heavy atom. The lowest BCUT2D eigenvalue weighted by Crippen LogP contribution is -2.15. The van der Waals surface area contributed by atoms with Crippen molar-refractivity contribution < 1.29 is 4.74 Å². The largest absolute Gasteiger partial charge is 0.384 e. The number of fused-ring (bicyclic) bond motifs is 1. The van der Waals surface area contributed by atoms with Crippen LogP contribution in [0.1, 0.15) is 12.5 Å². The van der Waals surface area contributed by atoms with E-state index in [2.05, 4.69) is 42.3 Å². The molecule has 0 radical (unpaired) electrons. The Hall–Kier alpha value is -1.13. The number of anilines is 1. The van der Waals surface area contributed by atoms with Gasteiger partial charge in [0.15, 0.2) is 5.13 Å². The maximum absolute atomic E-state index is 5.11. The van der Waals surface area contributed by atoms with Gasteiger partial charge in [0.05, 0.1) is 16.8 Å². The van der Waals surface area contributed by atoms with Crippen molar-refractivity contribution in [1.82, 2.24) is 4.98 Å². The number of benzene rings is 1. The number of rotatable bonds is 5. The number of hydrogen-bond acceptors (Lipinski definition) is 4. The maximum atomic E-state index is 5.11. The lowest BCUT2D eigenvalue weighted by Gasteiger charge is -2.09. The van der Waals surface area contributed by atoms with Crippen molar-refractivity contribution in [3.63, 3.8) is 0 Å². The van der Waals surface area contributed by atoms with E-state index < -0.39 is 0 Å². The maximum Gasteiger partial charge on any atom is 0.183 e. The summed E-state index contributed by atoms with van der Waals surface area (Å²) in [7, 11) is 1.73. The molecule has 1 unspecified atom stereocenters. The molecular formula is C13H18N2OS. The molecule has 4 heteroatoms. The van der Waals surface area contributed by atoms with Gasteiger partial charge in [0.1, 0.15) is 0 Å². The zero-order valence-electron chi connectivity index (χ0n) is 10.5. The van der Waals surface area contributed by atoms with Gasteiger partial charge in [-0.15, -0.1) is 0 Å². The molecule has 0 spiro atoms. The lowest BCUT2D eigenvalue weighted by molar-refractivity contribution is 0.164. The van der Waals surface area contributed by atoms with Gasteiger partial charge in [0.2, 0.25) is 0 Å². The molecule has 1 aromatic heterocycles. The van der Waals surface area contributed by atoms with E-state index in [-0.39, 0.29) is 0 Å². The monoisotopic (exact) mass is 250 g/mol. The first-order valence-electron chi connectivity index (χ1n) is 5.79. The Kier molecular flexibility index (Phi) is 3.97. The summed E-state index contributed by atoms with van der Waals surface area (Å²) >= 11 is 1.70. The highest BCUT2D eigenvalue weighted by atomic mass is 32.1. The van der Waals surface area contributed by atoms with Crippen LogP contribution in [0.2, 0.25) is 0 Å². The van der Waals surface area contributed by atoms with Gasteiger partial charge in [-0.25, -0.2) is 4.98 Å². The van der Waals surface area contributed by atoms with Crippen molar-refractivity contribution in [2.24, 2.45) is 5.92 Å². The molecule has 1 N–H and O–H groups in total. The number of hydrogen-bond donors (Lipinski definition) is 1. The first-order valence-corrected chi connectivity index (χ1v) is 6.60. The van der Waals surface area contributed by atoms with Crippen LogP contribution in [-0.2, 0) is 4.74 Å². The highest BCUT2D eigenvalue weighted by Crippen LogP contribution is 2.26. The zero-order valence-corrected chi connectivity index (χ0v) is 11.3. The third kappa shape index (κ3) is 3.17. The van der Waals surface area contributed by atoms with Crippen LogP contribution in [0.3, 0.4) is 0 Å². The Morgan fingerprint density at radius 3 is 3.06 bits per heavy atom. The van der Waals surface area contributed by atoms with E-state index in [9.17, 15) is 0 Å². The summed E-state index contributed by atoms with van der Waals surface area (Å²) in [5.41, 5.74) is 2.33. The number of aryl methyl sites for hydroxylation is 1. The van der Waals surface area contributed by atoms with Gasteiger partial charge in [-0.3, -0.25) is 0 Å². The molecule has 1 heterocycles. The molecule has 0 amide bonds. The van der Waals surface area contributed by atoms with E-state index in [0.29, 0.717) is 5.92 Å². The summed E-state index contributed by atoms with van der Waals surface area (Å²) < 4.78 is 6.34. The molecule has 0 aliphatic rings. The molecule has 2 rings (SSSR count).